The van der Waals surface area contributed by atoms with Crippen molar-refractivity contribution in [1.29, 1.82) is 0 Å². The molecular weight excluding hydrogens is 444 g/mol. The van der Waals surface area contributed by atoms with Crippen LogP contribution in [0.2, 0.25) is 0 Å². The van der Waals surface area contributed by atoms with Crippen LogP contribution in [0.5, 0.6) is 0 Å². The van der Waals surface area contributed by atoms with Crippen LogP contribution in [-0.2, 0) is 11.3 Å². The fourth-order valence-corrected chi connectivity index (χ4v) is 3.82. The van der Waals surface area contributed by atoms with Gasteiger partial charge in [-0.2, -0.15) is 0 Å². The van der Waals surface area contributed by atoms with Crippen molar-refractivity contribution in [3.05, 3.63) is 99.1 Å². The number of anilines is 1. The molecule has 9 nitrogen and oxygen atoms in total. The molecule has 5 rings (SSSR count). The fraction of sp³-hybridized carbons (Fsp3) is 0.0385. The van der Waals surface area contributed by atoms with E-state index in [-0.39, 0.29) is 11.1 Å². The number of amides is 1. The Morgan fingerprint density at radius 3 is 2.60 bits per heavy atom. The van der Waals surface area contributed by atoms with Gasteiger partial charge in [-0.15, -0.1) is 0 Å². The maximum Gasteiger partial charge on any atom is 0.293 e. The average molecular weight is 462 g/mol. The Bertz CT molecular complexity index is 1760. The zero-order valence-electron chi connectivity index (χ0n) is 18.3. The van der Waals surface area contributed by atoms with Gasteiger partial charge in [-0.1, -0.05) is 24.1 Å². The van der Waals surface area contributed by atoms with Gasteiger partial charge < -0.3 is 21.0 Å². The van der Waals surface area contributed by atoms with E-state index in [1.54, 1.807) is 18.5 Å². The van der Waals surface area contributed by atoms with Crippen LogP contribution in [0.15, 0.2) is 76.7 Å². The van der Waals surface area contributed by atoms with E-state index in [4.69, 9.17) is 10.7 Å². The number of nitrogens with two attached hydrogens (primary N) is 1. The largest absolute Gasteiger partial charge is 0.364 e. The Morgan fingerprint density at radius 2 is 1.86 bits per heavy atom. The summed E-state index contributed by atoms with van der Waals surface area (Å²) in [5.74, 6) is 4.73. The third-order valence-corrected chi connectivity index (χ3v) is 5.44. The van der Waals surface area contributed by atoms with Crippen molar-refractivity contribution in [3.8, 4) is 23.0 Å². The normalized spacial score (nSPS) is 10.6. The summed E-state index contributed by atoms with van der Waals surface area (Å²) in [4.78, 5) is 50.1. The molecule has 1 amide bonds. The molecule has 0 atom stereocenters. The zero-order valence-corrected chi connectivity index (χ0v) is 18.3. The number of benzene rings is 1. The average Bonchev–Trinajstić information content (AvgIpc) is 2.87. The van der Waals surface area contributed by atoms with E-state index < -0.39 is 5.91 Å². The number of primary amides is 1. The van der Waals surface area contributed by atoms with E-state index >= 15 is 0 Å². The predicted octanol–water partition coefficient (Wildman–Crippen LogP) is 2.28. The number of pyridine rings is 4. The molecule has 0 aliphatic carbocycles. The fourth-order valence-electron chi connectivity index (χ4n) is 3.82. The minimum Gasteiger partial charge on any atom is -0.364 e. The molecule has 0 saturated heterocycles. The standard InChI is InChI=1S/C26H18N6O3/c27-21(33)8-5-17-13-31-26(35)23-20-11-15(16-6-9-22(34)29-12-16)4-7-19(20)25(32-24(17)23)30-14-18-3-1-2-10-28-18/h1-4,6-7,9-13H,14H2,(H2,27,33)(H,29,34)(H,30,32)(H,31,35). The Labute approximate surface area is 198 Å². The van der Waals surface area contributed by atoms with Gasteiger partial charge in [0.15, 0.2) is 0 Å². The number of aromatic nitrogens is 4. The number of carbonyl (C=O) groups is 1. The minimum absolute atomic E-state index is 0.209. The van der Waals surface area contributed by atoms with Crippen molar-refractivity contribution in [1.82, 2.24) is 19.9 Å². The lowest BCUT2D eigenvalue weighted by molar-refractivity contribution is -0.112. The van der Waals surface area contributed by atoms with E-state index in [1.807, 2.05) is 36.4 Å². The Balaban J connectivity index is 1.77. The van der Waals surface area contributed by atoms with E-state index in [1.165, 1.54) is 12.3 Å². The summed E-state index contributed by atoms with van der Waals surface area (Å²) in [5, 5.41) is 4.97. The van der Waals surface area contributed by atoms with Gasteiger partial charge in [0, 0.05) is 41.3 Å². The summed E-state index contributed by atoms with van der Waals surface area (Å²) < 4.78 is 0. The van der Waals surface area contributed by atoms with Crippen molar-refractivity contribution in [2.24, 2.45) is 5.73 Å². The van der Waals surface area contributed by atoms with Gasteiger partial charge in [-0.05, 0) is 35.4 Å². The molecule has 4 aromatic heterocycles. The highest BCUT2D eigenvalue weighted by atomic mass is 16.1. The summed E-state index contributed by atoms with van der Waals surface area (Å²) >= 11 is 0. The molecule has 5 N–H and O–H groups in total. The first-order chi connectivity index (χ1) is 17.0. The summed E-state index contributed by atoms with van der Waals surface area (Å²) in [7, 11) is 0. The SMILES string of the molecule is NC(=O)C#Cc1c[nH]c(=O)c2c1nc(NCc1ccccn1)c1ccc(-c3ccc(=O)[nH]c3)cc12. The molecule has 0 aliphatic heterocycles. The predicted molar refractivity (Wildman–Crippen MR) is 134 cm³/mol. The Kier molecular flexibility index (Phi) is 5.53. The van der Waals surface area contributed by atoms with Crippen LogP contribution in [0.4, 0.5) is 5.82 Å². The van der Waals surface area contributed by atoms with Crippen LogP contribution in [0.25, 0.3) is 32.8 Å². The summed E-state index contributed by atoms with van der Waals surface area (Å²) in [6.45, 7) is 0.404. The lowest BCUT2D eigenvalue weighted by atomic mass is 9.99. The molecule has 0 bridgehead atoms. The van der Waals surface area contributed by atoms with Crippen LogP contribution in [0, 0.1) is 11.8 Å². The third kappa shape index (κ3) is 4.36. The number of hydrogen-bond acceptors (Lipinski definition) is 6. The number of carbonyl (C=O) groups excluding carboxylic acids is 1. The molecule has 0 spiro atoms. The first kappa shape index (κ1) is 21.6. The lowest BCUT2D eigenvalue weighted by Crippen LogP contribution is -2.11. The van der Waals surface area contributed by atoms with Gasteiger partial charge in [0.1, 0.15) is 5.82 Å². The van der Waals surface area contributed by atoms with Gasteiger partial charge in [-0.25, -0.2) is 4.98 Å². The number of H-pyrrole nitrogens is 2. The second-order valence-electron chi connectivity index (χ2n) is 7.71. The van der Waals surface area contributed by atoms with E-state index in [9.17, 15) is 14.4 Å². The van der Waals surface area contributed by atoms with E-state index in [0.717, 1.165) is 16.8 Å². The number of hydrogen-bond donors (Lipinski definition) is 4. The number of nitrogens with zero attached hydrogens (tertiary/aromatic N) is 2. The van der Waals surface area contributed by atoms with Gasteiger partial charge >= 0.3 is 0 Å². The quantitative estimate of drug-likeness (QED) is 0.238. The molecule has 0 fully saturated rings. The molecule has 9 heteroatoms. The van der Waals surface area contributed by atoms with Crippen molar-refractivity contribution >= 4 is 33.4 Å². The van der Waals surface area contributed by atoms with Crippen LogP contribution < -0.4 is 22.2 Å². The molecule has 0 aliphatic rings. The highest BCUT2D eigenvalue weighted by Gasteiger charge is 2.15. The van der Waals surface area contributed by atoms with Crippen LogP contribution in [0.3, 0.4) is 0 Å². The summed E-state index contributed by atoms with van der Waals surface area (Å²) in [6.07, 6.45) is 4.73. The van der Waals surface area contributed by atoms with Gasteiger partial charge in [0.05, 0.1) is 28.7 Å². The van der Waals surface area contributed by atoms with Crippen LogP contribution in [0.1, 0.15) is 11.3 Å². The second-order valence-corrected chi connectivity index (χ2v) is 7.71. The topological polar surface area (TPSA) is 147 Å². The van der Waals surface area contributed by atoms with Crippen molar-refractivity contribution in [3.63, 3.8) is 0 Å². The molecule has 4 heterocycles. The molecule has 0 unspecified atom stereocenters. The third-order valence-electron chi connectivity index (χ3n) is 5.44. The van der Waals surface area contributed by atoms with Crippen LogP contribution in [-0.4, -0.2) is 25.8 Å². The summed E-state index contributed by atoms with van der Waals surface area (Å²) in [6, 6.07) is 14.4. The number of aromatic amines is 2. The van der Waals surface area contributed by atoms with Gasteiger partial charge in [-0.3, -0.25) is 19.4 Å². The highest BCUT2D eigenvalue weighted by Crippen LogP contribution is 2.32. The maximum absolute atomic E-state index is 13.0. The Hall–Kier alpha value is -5.23. The van der Waals surface area contributed by atoms with E-state index in [2.05, 4.69) is 32.1 Å². The molecule has 5 aromatic rings. The monoisotopic (exact) mass is 462 g/mol. The maximum atomic E-state index is 13.0. The van der Waals surface area contributed by atoms with Gasteiger partial charge in [0.2, 0.25) is 5.56 Å². The van der Waals surface area contributed by atoms with Crippen molar-refractivity contribution in [2.75, 3.05) is 5.32 Å². The molecular formula is C26H18N6O3. The molecule has 1 aromatic carbocycles. The highest BCUT2D eigenvalue weighted by molar-refractivity contribution is 6.12. The smallest absolute Gasteiger partial charge is 0.293 e. The minimum atomic E-state index is -0.793. The lowest BCUT2D eigenvalue weighted by Gasteiger charge is -2.13. The number of rotatable bonds is 4. The molecule has 35 heavy (non-hydrogen) atoms. The van der Waals surface area contributed by atoms with Crippen molar-refractivity contribution < 1.29 is 4.79 Å². The Morgan fingerprint density at radius 1 is 1.00 bits per heavy atom. The number of fused-ring (bicyclic) bond motifs is 3. The molecule has 170 valence electrons. The van der Waals surface area contributed by atoms with Crippen LogP contribution >= 0.6 is 0 Å². The number of nitrogens with one attached hydrogen (secondary N) is 3. The van der Waals surface area contributed by atoms with Crippen molar-refractivity contribution in [2.45, 2.75) is 6.54 Å². The summed E-state index contributed by atoms with van der Waals surface area (Å²) in [5.41, 5.74) is 7.71. The zero-order chi connectivity index (χ0) is 24.4. The second kappa shape index (κ2) is 8.96. The first-order valence-corrected chi connectivity index (χ1v) is 10.6. The molecule has 0 radical (unpaired) electrons. The van der Waals surface area contributed by atoms with E-state index in [0.29, 0.717) is 39.6 Å². The first-order valence-electron chi connectivity index (χ1n) is 10.6. The molecule has 0 saturated carbocycles. The van der Waals surface area contributed by atoms with Gasteiger partial charge in [0.25, 0.3) is 11.5 Å².